The van der Waals surface area contributed by atoms with Crippen molar-refractivity contribution in [1.82, 2.24) is 19.4 Å². The summed E-state index contributed by atoms with van der Waals surface area (Å²) in [6.45, 7) is 1.73. The molecule has 0 aliphatic carbocycles. The topological polar surface area (TPSA) is 89.5 Å². The van der Waals surface area contributed by atoms with Crippen LogP contribution >= 0.6 is 0 Å². The normalized spacial score (nSPS) is 10.8. The van der Waals surface area contributed by atoms with Crippen LogP contribution in [0.5, 0.6) is 0 Å². The number of carboxylic acid groups (broad SMARTS) is 1. The van der Waals surface area contributed by atoms with Gasteiger partial charge in [-0.25, -0.2) is 9.31 Å². The molecule has 0 saturated carbocycles. The van der Waals surface area contributed by atoms with Crippen LogP contribution in [0.25, 0.3) is 5.52 Å². The molecule has 0 saturated heterocycles. The van der Waals surface area contributed by atoms with Gasteiger partial charge in [0.1, 0.15) is 0 Å². The zero-order valence-electron chi connectivity index (χ0n) is 8.13. The molecule has 0 unspecified atom stereocenters. The number of aryl methyl sites for hydroxylation is 1. The molecular formula is C8H8N4O3. The molecule has 0 fully saturated rings. The minimum Gasteiger partial charge on any atom is -0.476 e. The maximum Gasteiger partial charge on any atom is 0.358 e. The second-order valence-corrected chi connectivity index (χ2v) is 3.17. The predicted molar refractivity (Wildman–Crippen MR) is 49.9 cm³/mol. The Morgan fingerprint density at radius 2 is 2.20 bits per heavy atom. The fourth-order valence-corrected chi connectivity index (χ4v) is 1.31. The molecule has 2 rings (SSSR count). The standard InChI is InChI=1S/C8H8N4O3/c1-4-3-12-6(7(13)11(4)2)5(8(14)15)9-10-12/h3H,1-2H3,(H,14,15). The minimum absolute atomic E-state index is 0.0180. The third-order valence-electron chi connectivity index (χ3n) is 2.24. The van der Waals surface area contributed by atoms with Crippen molar-refractivity contribution in [2.75, 3.05) is 0 Å². The third kappa shape index (κ3) is 1.20. The van der Waals surface area contributed by atoms with Gasteiger partial charge in [-0.05, 0) is 6.92 Å². The van der Waals surface area contributed by atoms with Crippen LogP contribution in [0.4, 0.5) is 0 Å². The lowest BCUT2D eigenvalue weighted by atomic mass is 10.3. The van der Waals surface area contributed by atoms with E-state index in [9.17, 15) is 9.59 Å². The molecule has 2 aromatic heterocycles. The summed E-state index contributed by atoms with van der Waals surface area (Å²) in [6.07, 6.45) is 1.55. The van der Waals surface area contributed by atoms with E-state index in [2.05, 4.69) is 10.3 Å². The lowest BCUT2D eigenvalue weighted by Crippen LogP contribution is -2.22. The summed E-state index contributed by atoms with van der Waals surface area (Å²) in [7, 11) is 1.57. The van der Waals surface area contributed by atoms with Crippen LogP contribution in [0.3, 0.4) is 0 Å². The van der Waals surface area contributed by atoms with Gasteiger partial charge in [0.15, 0.2) is 5.52 Å². The summed E-state index contributed by atoms with van der Waals surface area (Å²) >= 11 is 0. The van der Waals surface area contributed by atoms with E-state index < -0.39 is 11.5 Å². The lowest BCUT2D eigenvalue weighted by Gasteiger charge is -2.02. The SMILES string of the molecule is Cc1cn2nnc(C(=O)O)c2c(=O)n1C. The molecule has 0 radical (unpaired) electrons. The molecule has 0 amide bonds. The fourth-order valence-electron chi connectivity index (χ4n) is 1.31. The quantitative estimate of drug-likeness (QED) is 0.678. The highest BCUT2D eigenvalue weighted by Crippen LogP contribution is 2.03. The summed E-state index contributed by atoms with van der Waals surface area (Å²) in [5, 5.41) is 15.8. The monoisotopic (exact) mass is 208 g/mol. The number of carboxylic acids is 1. The van der Waals surface area contributed by atoms with Gasteiger partial charge in [-0.2, -0.15) is 0 Å². The second-order valence-electron chi connectivity index (χ2n) is 3.17. The van der Waals surface area contributed by atoms with Crippen molar-refractivity contribution >= 4 is 11.5 Å². The Morgan fingerprint density at radius 3 is 2.80 bits per heavy atom. The highest BCUT2D eigenvalue weighted by atomic mass is 16.4. The van der Waals surface area contributed by atoms with Crippen molar-refractivity contribution in [2.45, 2.75) is 6.92 Å². The molecule has 0 atom stereocenters. The largest absolute Gasteiger partial charge is 0.476 e. The van der Waals surface area contributed by atoms with Crippen molar-refractivity contribution in [3.8, 4) is 0 Å². The third-order valence-corrected chi connectivity index (χ3v) is 2.24. The first kappa shape index (κ1) is 9.38. The van der Waals surface area contributed by atoms with Crippen LogP contribution in [0.1, 0.15) is 16.2 Å². The van der Waals surface area contributed by atoms with Gasteiger partial charge >= 0.3 is 5.97 Å². The number of fused-ring (bicyclic) bond motifs is 1. The van der Waals surface area contributed by atoms with Crippen LogP contribution in [0.2, 0.25) is 0 Å². The Labute approximate surface area is 83.6 Å². The van der Waals surface area contributed by atoms with Crippen molar-refractivity contribution in [2.24, 2.45) is 7.05 Å². The molecule has 7 heteroatoms. The molecule has 2 aromatic rings. The number of aromatic nitrogens is 4. The van der Waals surface area contributed by atoms with E-state index >= 15 is 0 Å². The van der Waals surface area contributed by atoms with Crippen LogP contribution in [0.15, 0.2) is 11.0 Å². The Balaban J connectivity index is 2.98. The predicted octanol–water partition coefficient (Wildman–Crippen LogP) is -0.565. The number of hydrogen-bond donors (Lipinski definition) is 1. The maximum atomic E-state index is 11.7. The van der Waals surface area contributed by atoms with E-state index in [0.717, 1.165) is 0 Å². The van der Waals surface area contributed by atoms with E-state index in [-0.39, 0.29) is 11.2 Å². The van der Waals surface area contributed by atoms with E-state index in [1.807, 2.05) is 0 Å². The van der Waals surface area contributed by atoms with E-state index in [0.29, 0.717) is 5.69 Å². The van der Waals surface area contributed by atoms with Crippen LogP contribution in [-0.2, 0) is 7.05 Å². The first-order valence-corrected chi connectivity index (χ1v) is 4.17. The van der Waals surface area contributed by atoms with Gasteiger partial charge in [0.2, 0.25) is 5.69 Å². The molecule has 15 heavy (non-hydrogen) atoms. The van der Waals surface area contributed by atoms with Crippen LogP contribution in [-0.4, -0.2) is 30.5 Å². The Hall–Kier alpha value is -2.18. The van der Waals surface area contributed by atoms with Crippen LogP contribution < -0.4 is 5.56 Å². The zero-order valence-corrected chi connectivity index (χ0v) is 8.13. The number of carbonyl (C=O) groups is 1. The van der Waals surface area contributed by atoms with Gasteiger partial charge in [-0.15, -0.1) is 5.10 Å². The minimum atomic E-state index is -1.26. The highest BCUT2D eigenvalue weighted by molar-refractivity contribution is 5.92. The van der Waals surface area contributed by atoms with Crippen LogP contribution in [0, 0.1) is 6.92 Å². The summed E-state index contributed by atoms with van der Waals surface area (Å²) in [5.74, 6) is -1.26. The molecular weight excluding hydrogens is 200 g/mol. The van der Waals surface area contributed by atoms with Gasteiger partial charge in [-0.1, -0.05) is 5.21 Å². The molecule has 2 heterocycles. The van der Waals surface area contributed by atoms with Gasteiger partial charge in [0.25, 0.3) is 5.56 Å². The maximum absolute atomic E-state index is 11.7. The number of hydrogen-bond acceptors (Lipinski definition) is 4. The summed E-state index contributed by atoms with van der Waals surface area (Å²) in [6, 6.07) is 0. The number of nitrogens with zero attached hydrogens (tertiary/aromatic N) is 4. The lowest BCUT2D eigenvalue weighted by molar-refractivity contribution is 0.0692. The molecule has 0 aromatic carbocycles. The molecule has 0 spiro atoms. The first-order valence-electron chi connectivity index (χ1n) is 4.17. The van der Waals surface area contributed by atoms with Crippen molar-refractivity contribution in [3.63, 3.8) is 0 Å². The van der Waals surface area contributed by atoms with E-state index in [1.165, 1.54) is 9.08 Å². The number of aromatic carboxylic acids is 1. The van der Waals surface area contributed by atoms with Gasteiger partial charge < -0.3 is 9.67 Å². The summed E-state index contributed by atoms with van der Waals surface area (Å²) in [5.41, 5.74) is -0.0852. The van der Waals surface area contributed by atoms with Crippen molar-refractivity contribution in [3.05, 3.63) is 27.9 Å². The average Bonchev–Trinajstić information content (AvgIpc) is 2.58. The van der Waals surface area contributed by atoms with E-state index in [4.69, 9.17) is 5.11 Å². The highest BCUT2D eigenvalue weighted by Gasteiger charge is 2.17. The molecule has 0 bridgehead atoms. The first-order chi connectivity index (χ1) is 7.02. The molecule has 78 valence electrons. The zero-order chi connectivity index (χ0) is 11.2. The average molecular weight is 208 g/mol. The summed E-state index contributed by atoms with van der Waals surface area (Å²) in [4.78, 5) is 22.5. The Bertz CT molecular complexity index is 610. The fraction of sp³-hybridized carbons (Fsp3) is 0.250. The second kappa shape index (κ2) is 2.91. The molecule has 7 nitrogen and oxygen atoms in total. The molecule has 1 N–H and O–H groups in total. The van der Waals surface area contributed by atoms with Crippen molar-refractivity contribution < 1.29 is 9.90 Å². The Morgan fingerprint density at radius 1 is 1.53 bits per heavy atom. The molecule has 0 aliphatic heterocycles. The van der Waals surface area contributed by atoms with Gasteiger partial charge in [0, 0.05) is 12.7 Å². The smallest absolute Gasteiger partial charge is 0.358 e. The van der Waals surface area contributed by atoms with E-state index in [1.54, 1.807) is 20.2 Å². The van der Waals surface area contributed by atoms with Crippen molar-refractivity contribution in [1.29, 1.82) is 0 Å². The summed E-state index contributed by atoms with van der Waals surface area (Å²) < 4.78 is 2.53. The van der Waals surface area contributed by atoms with Gasteiger partial charge in [-0.3, -0.25) is 4.79 Å². The van der Waals surface area contributed by atoms with Gasteiger partial charge in [0.05, 0.1) is 6.20 Å². The number of rotatable bonds is 1. The Kier molecular flexibility index (Phi) is 1.82. The molecule has 0 aliphatic rings.